The number of amides is 1. The Labute approximate surface area is 166 Å². The molecule has 0 radical (unpaired) electrons. The molecule has 0 unspecified atom stereocenters. The van der Waals surface area contributed by atoms with Crippen LogP contribution < -0.4 is 10.1 Å². The highest BCUT2D eigenvalue weighted by molar-refractivity contribution is 5.97. The van der Waals surface area contributed by atoms with Crippen molar-refractivity contribution in [3.8, 4) is 11.5 Å². The summed E-state index contributed by atoms with van der Waals surface area (Å²) < 4.78 is 10.7. The van der Waals surface area contributed by atoms with E-state index in [-0.39, 0.29) is 23.3 Å². The molecule has 1 aromatic heterocycles. The largest absolute Gasteiger partial charge is 0.503 e. The van der Waals surface area contributed by atoms with Gasteiger partial charge in [0.1, 0.15) is 12.1 Å². The van der Waals surface area contributed by atoms with E-state index in [9.17, 15) is 14.7 Å². The SMILES string of the molecule is COc1ccnc(C(=O)N[C@H]2CCCC[C@@H](CCC(C)C)[C@H](C)OC2=O)c1O. The number of nitrogens with one attached hydrogen (secondary N) is 1. The molecule has 2 N–H and O–H groups in total. The molecule has 2 rings (SSSR count). The van der Waals surface area contributed by atoms with E-state index in [1.807, 2.05) is 6.92 Å². The van der Waals surface area contributed by atoms with E-state index in [2.05, 4.69) is 24.1 Å². The van der Waals surface area contributed by atoms with Crippen molar-refractivity contribution in [1.82, 2.24) is 10.3 Å². The smallest absolute Gasteiger partial charge is 0.328 e. The Morgan fingerprint density at radius 2 is 2.11 bits per heavy atom. The van der Waals surface area contributed by atoms with Gasteiger partial charge in [0.15, 0.2) is 17.2 Å². The number of carbonyl (C=O) groups excluding carboxylic acids is 2. The monoisotopic (exact) mass is 392 g/mol. The molecule has 1 saturated heterocycles. The van der Waals surface area contributed by atoms with E-state index in [4.69, 9.17) is 9.47 Å². The molecule has 2 heterocycles. The molecule has 1 amide bonds. The Morgan fingerprint density at radius 1 is 1.39 bits per heavy atom. The normalized spacial score (nSPS) is 23.3. The summed E-state index contributed by atoms with van der Waals surface area (Å²) in [6.07, 6.45) is 6.64. The van der Waals surface area contributed by atoms with Crippen LogP contribution in [0.4, 0.5) is 0 Å². The maximum atomic E-state index is 12.6. The summed E-state index contributed by atoms with van der Waals surface area (Å²) >= 11 is 0. The lowest BCUT2D eigenvalue weighted by molar-refractivity contribution is -0.153. The van der Waals surface area contributed by atoms with E-state index in [1.165, 1.54) is 19.4 Å². The number of cyclic esters (lactones) is 1. The minimum atomic E-state index is -0.758. The lowest BCUT2D eigenvalue weighted by atomic mass is 9.89. The molecule has 7 nitrogen and oxygen atoms in total. The average molecular weight is 392 g/mol. The van der Waals surface area contributed by atoms with Gasteiger partial charge in [0.2, 0.25) is 0 Å². The molecule has 7 heteroatoms. The number of hydrogen-bond acceptors (Lipinski definition) is 6. The molecular formula is C21H32N2O5. The van der Waals surface area contributed by atoms with Crippen LogP contribution in [0.5, 0.6) is 11.5 Å². The van der Waals surface area contributed by atoms with E-state index in [0.29, 0.717) is 18.3 Å². The van der Waals surface area contributed by atoms with Crippen LogP contribution in [-0.4, -0.2) is 41.2 Å². The second-order valence-corrected chi connectivity index (χ2v) is 7.89. The molecule has 0 bridgehead atoms. The van der Waals surface area contributed by atoms with Gasteiger partial charge in [0.05, 0.1) is 7.11 Å². The topological polar surface area (TPSA) is 97.8 Å². The number of esters is 1. The summed E-state index contributed by atoms with van der Waals surface area (Å²) in [5, 5.41) is 12.8. The first-order chi connectivity index (χ1) is 13.3. The van der Waals surface area contributed by atoms with Crippen molar-refractivity contribution in [2.24, 2.45) is 11.8 Å². The fourth-order valence-electron chi connectivity index (χ4n) is 3.52. The van der Waals surface area contributed by atoms with Crippen molar-refractivity contribution in [3.63, 3.8) is 0 Å². The van der Waals surface area contributed by atoms with Crippen LogP contribution in [0.25, 0.3) is 0 Å². The van der Waals surface area contributed by atoms with Crippen molar-refractivity contribution in [1.29, 1.82) is 0 Å². The number of carbonyl (C=O) groups is 2. The molecule has 1 aliphatic rings. The second kappa shape index (κ2) is 10.3. The molecule has 156 valence electrons. The van der Waals surface area contributed by atoms with Crippen LogP contribution in [0.15, 0.2) is 12.3 Å². The molecule has 1 fully saturated rings. The summed E-state index contributed by atoms with van der Waals surface area (Å²) in [7, 11) is 1.39. The first-order valence-corrected chi connectivity index (χ1v) is 10.1. The van der Waals surface area contributed by atoms with Crippen LogP contribution in [0.2, 0.25) is 0 Å². The minimum Gasteiger partial charge on any atom is -0.503 e. The van der Waals surface area contributed by atoms with Gasteiger partial charge in [-0.2, -0.15) is 0 Å². The molecule has 1 aliphatic heterocycles. The number of hydrogen-bond donors (Lipinski definition) is 2. The zero-order valence-corrected chi connectivity index (χ0v) is 17.2. The van der Waals surface area contributed by atoms with Crippen molar-refractivity contribution < 1.29 is 24.2 Å². The number of nitrogens with zero attached hydrogens (tertiary/aromatic N) is 1. The quantitative estimate of drug-likeness (QED) is 0.720. The van der Waals surface area contributed by atoms with Gasteiger partial charge in [-0.25, -0.2) is 9.78 Å². The van der Waals surface area contributed by atoms with E-state index >= 15 is 0 Å². The predicted molar refractivity (Wildman–Crippen MR) is 105 cm³/mol. The predicted octanol–water partition coefficient (Wildman–Crippen LogP) is 3.45. The molecule has 3 atom stereocenters. The van der Waals surface area contributed by atoms with Gasteiger partial charge in [-0.3, -0.25) is 4.79 Å². The van der Waals surface area contributed by atoms with Gasteiger partial charge in [-0.1, -0.05) is 33.1 Å². The van der Waals surface area contributed by atoms with Crippen LogP contribution in [0.1, 0.15) is 69.8 Å². The van der Waals surface area contributed by atoms with Crippen molar-refractivity contribution in [2.45, 2.75) is 71.4 Å². The molecule has 0 aliphatic carbocycles. The van der Waals surface area contributed by atoms with E-state index < -0.39 is 17.9 Å². The minimum absolute atomic E-state index is 0.152. The Bertz CT molecular complexity index is 677. The fourth-order valence-corrected chi connectivity index (χ4v) is 3.52. The third-order valence-electron chi connectivity index (χ3n) is 5.31. The van der Waals surface area contributed by atoms with Crippen LogP contribution in [-0.2, 0) is 9.53 Å². The Balaban J connectivity index is 2.06. The average Bonchev–Trinajstić information content (AvgIpc) is 2.71. The molecule has 0 aromatic carbocycles. The van der Waals surface area contributed by atoms with Gasteiger partial charge in [-0.15, -0.1) is 0 Å². The highest BCUT2D eigenvalue weighted by Crippen LogP contribution is 2.28. The van der Waals surface area contributed by atoms with Crippen molar-refractivity contribution in [2.75, 3.05) is 7.11 Å². The molecule has 1 aromatic rings. The standard InChI is InChI=1S/C21H32N2O5/c1-13(2)9-10-15-7-5-6-8-16(21(26)28-14(15)3)23-20(25)18-19(24)17(27-4)11-12-22-18/h11-16,24H,5-10H2,1-4H3,(H,23,25)/t14-,15-,16-/m0/s1. The summed E-state index contributed by atoms with van der Waals surface area (Å²) in [5.74, 6) is -0.295. The van der Waals surface area contributed by atoms with Gasteiger partial charge in [0, 0.05) is 12.3 Å². The molecule has 0 saturated carbocycles. The third-order valence-corrected chi connectivity index (χ3v) is 5.31. The summed E-state index contributed by atoms with van der Waals surface area (Å²) in [6, 6.07) is 0.700. The summed E-state index contributed by atoms with van der Waals surface area (Å²) in [4.78, 5) is 29.1. The van der Waals surface area contributed by atoms with Gasteiger partial charge >= 0.3 is 5.97 Å². The number of rotatable bonds is 6. The second-order valence-electron chi connectivity index (χ2n) is 7.89. The number of methoxy groups -OCH3 is 1. The number of pyridine rings is 1. The molecule has 0 spiro atoms. The van der Waals surface area contributed by atoms with Crippen LogP contribution in [0.3, 0.4) is 0 Å². The molecular weight excluding hydrogens is 360 g/mol. The maximum absolute atomic E-state index is 12.6. The fraction of sp³-hybridized carbons (Fsp3) is 0.667. The first kappa shape index (κ1) is 22.0. The lowest BCUT2D eigenvalue weighted by Crippen LogP contribution is -2.43. The maximum Gasteiger partial charge on any atom is 0.328 e. The first-order valence-electron chi connectivity index (χ1n) is 10.1. The Morgan fingerprint density at radius 3 is 2.79 bits per heavy atom. The van der Waals surface area contributed by atoms with Crippen LogP contribution >= 0.6 is 0 Å². The van der Waals surface area contributed by atoms with Gasteiger partial charge in [-0.05, 0) is 38.0 Å². The number of aromatic hydroxyl groups is 1. The van der Waals surface area contributed by atoms with Crippen molar-refractivity contribution in [3.05, 3.63) is 18.0 Å². The zero-order chi connectivity index (χ0) is 20.7. The molecule has 28 heavy (non-hydrogen) atoms. The zero-order valence-electron chi connectivity index (χ0n) is 17.2. The Kier molecular flexibility index (Phi) is 8.08. The van der Waals surface area contributed by atoms with E-state index in [0.717, 1.165) is 32.1 Å². The number of aromatic nitrogens is 1. The highest BCUT2D eigenvalue weighted by Gasteiger charge is 2.30. The highest BCUT2D eigenvalue weighted by atomic mass is 16.5. The van der Waals surface area contributed by atoms with Gasteiger partial charge in [0.25, 0.3) is 5.91 Å². The lowest BCUT2D eigenvalue weighted by Gasteiger charge is -2.25. The van der Waals surface area contributed by atoms with E-state index in [1.54, 1.807) is 0 Å². The number of ether oxygens (including phenoxy) is 2. The Hall–Kier alpha value is -2.31. The van der Waals surface area contributed by atoms with Crippen LogP contribution in [0, 0.1) is 11.8 Å². The third kappa shape index (κ3) is 5.84. The van der Waals surface area contributed by atoms with Crippen molar-refractivity contribution >= 4 is 11.9 Å². The summed E-state index contributed by atoms with van der Waals surface area (Å²) in [5.41, 5.74) is -0.171. The van der Waals surface area contributed by atoms with Gasteiger partial charge < -0.3 is 19.9 Å². The summed E-state index contributed by atoms with van der Waals surface area (Å²) in [6.45, 7) is 6.32.